The summed E-state index contributed by atoms with van der Waals surface area (Å²) in [5.41, 5.74) is 3.01. The molecule has 3 fully saturated rings. The quantitative estimate of drug-likeness (QED) is 0.858. The molecule has 1 aromatic heterocycles. The third-order valence-electron chi connectivity index (χ3n) is 6.84. The van der Waals surface area contributed by atoms with E-state index in [1.165, 1.54) is 38.5 Å². The number of hydrogen-bond donors (Lipinski definition) is 1. The molecule has 2 aliphatic carbocycles. The van der Waals surface area contributed by atoms with Crippen LogP contribution in [-0.4, -0.2) is 46.3 Å². The minimum absolute atomic E-state index is 0.248. The van der Waals surface area contributed by atoms with Crippen molar-refractivity contribution in [3.63, 3.8) is 0 Å². The summed E-state index contributed by atoms with van der Waals surface area (Å²) in [6.45, 7) is 3.43. The fraction of sp³-hybridized carbons (Fsp3) is 0.765. The lowest BCUT2D eigenvalue weighted by atomic mass is 9.55. The Morgan fingerprint density at radius 1 is 1.43 bits per heavy atom. The van der Waals surface area contributed by atoms with Gasteiger partial charge in [0.15, 0.2) is 0 Å². The molecular weight excluding hydrogens is 292 g/mol. The number of methoxy groups -OCH3 is 1. The number of amides is 1. The van der Waals surface area contributed by atoms with Gasteiger partial charge in [-0.25, -0.2) is 9.78 Å². The smallest absolute Gasteiger partial charge is 0.409 e. The van der Waals surface area contributed by atoms with Crippen LogP contribution >= 0.6 is 0 Å². The van der Waals surface area contributed by atoms with Crippen LogP contribution in [0.25, 0.3) is 0 Å². The van der Waals surface area contributed by atoms with Crippen molar-refractivity contribution in [2.45, 2.75) is 63.7 Å². The second kappa shape index (κ2) is 4.50. The number of ether oxygens (including phenoxy) is 1. The van der Waals surface area contributed by atoms with Crippen molar-refractivity contribution in [2.24, 2.45) is 5.41 Å². The first kappa shape index (κ1) is 13.8. The first-order valence-corrected chi connectivity index (χ1v) is 8.78. The Morgan fingerprint density at radius 3 is 2.96 bits per heavy atom. The lowest BCUT2D eigenvalue weighted by Gasteiger charge is -2.62. The standard InChI is InChI=1S/C17H24N4O2/c1-10-18-12-9-20(16(22)23-2)6-4-13(12)21(10)11-7-15-17(8-11)5-3-14(17)19-15/h11,14-15,19H,3-9H2,1-2H3. The van der Waals surface area contributed by atoms with Crippen LogP contribution in [0, 0.1) is 12.3 Å². The third-order valence-corrected chi connectivity index (χ3v) is 6.84. The zero-order valence-electron chi connectivity index (χ0n) is 13.8. The van der Waals surface area contributed by atoms with E-state index >= 15 is 0 Å². The maximum absolute atomic E-state index is 11.8. The molecule has 2 aliphatic heterocycles. The summed E-state index contributed by atoms with van der Waals surface area (Å²) in [6, 6.07) is 2.09. The molecule has 3 heterocycles. The fourth-order valence-electron chi connectivity index (χ4n) is 5.63. The number of nitrogens with one attached hydrogen (secondary N) is 1. The summed E-state index contributed by atoms with van der Waals surface area (Å²) in [6.07, 6.45) is 5.94. The van der Waals surface area contributed by atoms with Gasteiger partial charge in [0.1, 0.15) is 5.82 Å². The molecule has 1 N–H and O–H groups in total. The van der Waals surface area contributed by atoms with Crippen molar-refractivity contribution in [3.8, 4) is 0 Å². The number of fused-ring (bicyclic) bond motifs is 1. The number of imidazole rings is 1. The molecule has 4 unspecified atom stereocenters. The van der Waals surface area contributed by atoms with Crippen LogP contribution in [0.2, 0.25) is 0 Å². The number of piperidine rings is 1. The van der Waals surface area contributed by atoms with Gasteiger partial charge in [0, 0.05) is 42.2 Å². The Bertz CT molecular complexity index is 684. The molecule has 1 spiro atoms. The molecule has 6 heteroatoms. The van der Waals surface area contributed by atoms with Crippen LogP contribution < -0.4 is 5.32 Å². The average Bonchev–Trinajstić information content (AvgIpc) is 3.06. The summed E-state index contributed by atoms with van der Waals surface area (Å²) in [4.78, 5) is 18.3. The van der Waals surface area contributed by atoms with E-state index in [1.807, 2.05) is 0 Å². The predicted molar refractivity (Wildman–Crippen MR) is 84.1 cm³/mol. The van der Waals surface area contributed by atoms with Gasteiger partial charge in [-0.3, -0.25) is 0 Å². The third kappa shape index (κ3) is 1.67. The molecule has 1 amide bonds. The molecule has 1 saturated heterocycles. The zero-order valence-corrected chi connectivity index (χ0v) is 13.8. The topological polar surface area (TPSA) is 59.4 Å². The fourth-order valence-corrected chi connectivity index (χ4v) is 5.63. The summed E-state index contributed by atoms with van der Waals surface area (Å²) in [5, 5.41) is 3.75. The van der Waals surface area contributed by atoms with Crippen molar-refractivity contribution in [3.05, 3.63) is 17.2 Å². The van der Waals surface area contributed by atoms with Crippen LogP contribution in [0.1, 0.15) is 48.9 Å². The highest BCUT2D eigenvalue weighted by molar-refractivity contribution is 5.67. The summed E-state index contributed by atoms with van der Waals surface area (Å²) < 4.78 is 7.35. The largest absolute Gasteiger partial charge is 0.453 e. The van der Waals surface area contributed by atoms with Crippen LogP contribution in [0.15, 0.2) is 0 Å². The van der Waals surface area contributed by atoms with Gasteiger partial charge in [-0.05, 0) is 32.6 Å². The van der Waals surface area contributed by atoms with Crippen LogP contribution in [0.5, 0.6) is 0 Å². The van der Waals surface area contributed by atoms with Gasteiger partial charge in [0.2, 0.25) is 0 Å². The molecule has 23 heavy (non-hydrogen) atoms. The van der Waals surface area contributed by atoms with E-state index in [1.54, 1.807) is 4.90 Å². The van der Waals surface area contributed by atoms with Crippen molar-refractivity contribution < 1.29 is 9.53 Å². The normalized spacial score (nSPS) is 37.3. The number of hydrogen-bond acceptors (Lipinski definition) is 4. The molecule has 4 atom stereocenters. The molecule has 6 nitrogen and oxygen atoms in total. The van der Waals surface area contributed by atoms with E-state index < -0.39 is 0 Å². The van der Waals surface area contributed by atoms with Gasteiger partial charge < -0.3 is 19.5 Å². The first-order chi connectivity index (χ1) is 11.1. The summed E-state index contributed by atoms with van der Waals surface area (Å²) >= 11 is 0. The second-order valence-corrected chi connectivity index (χ2v) is 7.70. The molecule has 0 aromatic carbocycles. The maximum Gasteiger partial charge on any atom is 0.409 e. The van der Waals surface area contributed by atoms with Gasteiger partial charge in [0.05, 0.1) is 19.3 Å². The number of aryl methyl sites for hydroxylation is 1. The summed E-state index contributed by atoms with van der Waals surface area (Å²) in [5.74, 6) is 1.11. The van der Waals surface area contributed by atoms with E-state index in [2.05, 4.69) is 16.8 Å². The van der Waals surface area contributed by atoms with Gasteiger partial charge in [0.25, 0.3) is 0 Å². The number of carbonyl (C=O) groups excluding carboxylic acids is 1. The van der Waals surface area contributed by atoms with Gasteiger partial charge in [-0.15, -0.1) is 0 Å². The van der Waals surface area contributed by atoms with Crippen LogP contribution in [0.3, 0.4) is 0 Å². The first-order valence-electron chi connectivity index (χ1n) is 8.78. The average molecular weight is 316 g/mol. The van der Waals surface area contributed by atoms with Crippen molar-refractivity contribution in [1.82, 2.24) is 19.8 Å². The van der Waals surface area contributed by atoms with Gasteiger partial charge >= 0.3 is 6.09 Å². The SMILES string of the molecule is COC(=O)N1CCc2c(nc(C)n2C2CC3NC4CCC43C2)C1. The van der Waals surface area contributed by atoms with E-state index in [-0.39, 0.29) is 6.09 Å². The zero-order chi connectivity index (χ0) is 15.8. The summed E-state index contributed by atoms with van der Waals surface area (Å²) in [7, 11) is 1.44. The van der Waals surface area contributed by atoms with Gasteiger partial charge in [-0.1, -0.05) is 0 Å². The van der Waals surface area contributed by atoms with Crippen LogP contribution in [-0.2, 0) is 17.7 Å². The maximum atomic E-state index is 11.8. The Labute approximate surface area is 136 Å². The molecule has 124 valence electrons. The molecular formula is C17H24N4O2. The van der Waals surface area contributed by atoms with Crippen molar-refractivity contribution in [2.75, 3.05) is 13.7 Å². The molecule has 2 saturated carbocycles. The van der Waals surface area contributed by atoms with Crippen molar-refractivity contribution >= 4 is 6.09 Å². The predicted octanol–water partition coefficient (Wildman–Crippen LogP) is 1.77. The lowest BCUT2D eigenvalue weighted by molar-refractivity contribution is -0.0573. The second-order valence-electron chi connectivity index (χ2n) is 7.70. The number of aromatic nitrogens is 2. The Kier molecular flexibility index (Phi) is 2.71. The Balaban J connectivity index is 1.43. The monoisotopic (exact) mass is 316 g/mol. The molecule has 4 aliphatic rings. The Hall–Kier alpha value is -1.56. The van der Waals surface area contributed by atoms with Gasteiger partial charge in [-0.2, -0.15) is 0 Å². The van der Waals surface area contributed by atoms with E-state index in [0.29, 0.717) is 18.0 Å². The van der Waals surface area contributed by atoms with Crippen LogP contribution in [0.4, 0.5) is 4.79 Å². The lowest BCUT2D eigenvalue weighted by Crippen LogP contribution is -2.73. The van der Waals surface area contributed by atoms with E-state index in [9.17, 15) is 4.79 Å². The molecule has 0 bridgehead atoms. The van der Waals surface area contributed by atoms with E-state index in [0.717, 1.165) is 36.6 Å². The number of rotatable bonds is 1. The molecule has 0 radical (unpaired) electrons. The van der Waals surface area contributed by atoms with Crippen molar-refractivity contribution in [1.29, 1.82) is 0 Å². The minimum atomic E-state index is -0.248. The molecule has 5 rings (SSSR count). The highest BCUT2D eigenvalue weighted by Crippen LogP contribution is 2.62. The highest BCUT2D eigenvalue weighted by Gasteiger charge is 2.64. The number of nitrogens with zero attached hydrogens (tertiary/aromatic N) is 3. The minimum Gasteiger partial charge on any atom is -0.453 e. The highest BCUT2D eigenvalue weighted by atomic mass is 16.5. The Morgan fingerprint density at radius 2 is 2.30 bits per heavy atom. The number of carbonyl (C=O) groups is 1. The van der Waals surface area contributed by atoms with E-state index in [4.69, 9.17) is 9.72 Å². The molecule has 1 aromatic rings.